The Hall–Kier alpha value is -2.16. The number of carboxylic acid groups (broad SMARTS) is 1. The summed E-state index contributed by atoms with van der Waals surface area (Å²) < 4.78 is 5.98. The third-order valence-corrected chi connectivity index (χ3v) is 8.85. The first-order valence-electron chi connectivity index (χ1n) is 19.4. The molecule has 2 atom stereocenters. The normalized spacial score (nSPS) is 12.4. The van der Waals surface area contributed by atoms with Gasteiger partial charge in [0.15, 0.2) is 0 Å². The number of nitrogens with one attached hydrogen (secondary N) is 2. The highest BCUT2D eigenvalue weighted by Crippen LogP contribution is 2.19. The van der Waals surface area contributed by atoms with Gasteiger partial charge in [0.05, 0.1) is 13.2 Å². The van der Waals surface area contributed by atoms with E-state index in [-0.39, 0.29) is 24.5 Å². The number of aliphatic carboxylic acids is 1. The summed E-state index contributed by atoms with van der Waals surface area (Å²) in [4.78, 5) is 47.3. The predicted molar refractivity (Wildman–Crippen MR) is 190 cm³/mol. The number of aliphatic hydroxyl groups excluding tert-OH is 1. The third kappa shape index (κ3) is 30.9. The van der Waals surface area contributed by atoms with Gasteiger partial charge in [0.2, 0.25) is 11.8 Å². The second-order valence-corrected chi connectivity index (χ2v) is 13.4. The smallest absolute Gasteiger partial charge is 0.328 e. The number of hydrogen-bond donors (Lipinski definition) is 4. The molecule has 0 heterocycles. The molecule has 276 valence electrons. The van der Waals surface area contributed by atoms with Crippen LogP contribution in [0.4, 0.5) is 0 Å². The maximum absolute atomic E-state index is 12.6. The number of carbonyl (C=O) groups excluding carboxylic acids is 3. The Kier molecular flexibility index (Phi) is 32.2. The highest BCUT2D eigenvalue weighted by molar-refractivity contribution is 5.87. The van der Waals surface area contributed by atoms with Crippen molar-refractivity contribution in [3.63, 3.8) is 0 Å². The molecule has 4 N–H and O–H groups in total. The van der Waals surface area contributed by atoms with Gasteiger partial charge < -0.3 is 25.6 Å². The zero-order valence-corrected chi connectivity index (χ0v) is 30.3. The lowest BCUT2D eigenvalue weighted by Gasteiger charge is -2.18. The van der Waals surface area contributed by atoms with Gasteiger partial charge in [0.1, 0.15) is 12.1 Å². The van der Waals surface area contributed by atoms with E-state index in [1.165, 1.54) is 103 Å². The Balaban J connectivity index is 4.25. The Morgan fingerprint density at radius 3 is 1.38 bits per heavy atom. The number of carbonyl (C=O) groups is 4. The van der Waals surface area contributed by atoms with Crippen molar-refractivity contribution < 1.29 is 34.1 Å². The lowest BCUT2D eigenvalue weighted by atomic mass is 10.0. The summed E-state index contributed by atoms with van der Waals surface area (Å²) in [7, 11) is 0. The van der Waals surface area contributed by atoms with E-state index in [1.54, 1.807) is 0 Å². The second-order valence-electron chi connectivity index (χ2n) is 13.4. The van der Waals surface area contributed by atoms with E-state index in [1.807, 2.05) is 0 Å². The Morgan fingerprint density at radius 1 is 0.553 bits per heavy atom. The summed E-state index contributed by atoms with van der Waals surface area (Å²) in [5.74, 6) is -2.28. The summed E-state index contributed by atoms with van der Waals surface area (Å²) in [6.45, 7) is 3.46. The van der Waals surface area contributed by atoms with Crippen LogP contribution in [0.2, 0.25) is 0 Å². The first kappa shape index (κ1) is 44.8. The van der Waals surface area contributed by atoms with Crippen LogP contribution in [0.25, 0.3) is 0 Å². The SMILES string of the molecule is CCCCCCCCCCCCCC(CCCCCCCC(=O)NCC(=O)NC(CO)C(=O)O)OC(=O)CCCCCCCCCC. The van der Waals surface area contributed by atoms with Crippen molar-refractivity contribution in [2.75, 3.05) is 13.2 Å². The monoisotopic (exact) mass is 669 g/mol. The van der Waals surface area contributed by atoms with Crippen LogP contribution in [-0.2, 0) is 23.9 Å². The molecule has 9 heteroatoms. The lowest BCUT2D eigenvalue weighted by Crippen LogP contribution is -2.47. The minimum Gasteiger partial charge on any atom is -0.480 e. The van der Waals surface area contributed by atoms with Crippen molar-refractivity contribution in [3.8, 4) is 0 Å². The molecule has 0 saturated heterocycles. The van der Waals surface area contributed by atoms with Gasteiger partial charge in [-0.15, -0.1) is 0 Å². The van der Waals surface area contributed by atoms with E-state index in [2.05, 4.69) is 24.5 Å². The number of amides is 2. The van der Waals surface area contributed by atoms with Gasteiger partial charge in [-0.2, -0.15) is 0 Å². The zero-order valence-electron chi connectivity index (χ0n) is 30.3. The minimum atomic E-state index is -1.38. The topological polar surface area (TPSA) is 142 Å². The molecule has 0 aliphatic rings. The predicted octanol–water partition coefficient (Wildman–Crippen LogP) is 8.54. The van der Waals surface area contributed by atoms with Gasteiger partial charge >= 0.3 is 11.9 Å². The summed E-state index contributed by atoms with van der Waals surface area (Å²) in [5, 5.41) is 22.5. The summed E-state index contributed by atoms with van der Waals surface area (Å²) in [6, 6.07) is -1.38. The molecule has 0 spiro atoms. The van der Waals surface area contributed by atoms with E-state index < -0.39 is 24.5 Å². The van der Waals surface area contributed by atoms with Crippen LogP contribution >= 0.6 is 0 Å². The third-order valence-electron chi connectivity index (χ3n) is 8.85. The largest absolute Gasteiger partial charge is 0.480 e. The standard InChI is InChI=1S/C38H72N2O7/c1-3-5-7-9-11-13-14-15-16-19-23-27-33(47-37(44)30-26-22-17-12-10-8-6-4-2)28-24-20-18-21-25-29-35(42)39-31-36(43)40-34(32-41)38(45)46/h33-34,41H,3-32H2,1-2H3,(H,39,42)(H,40,43)(H,45,46). The van der Waals surface area contributed by atoms with Gasteiger partial charge in [-0.1, -0.05) is 142 Å². The summed E-state index contributed by atoms with van der Waals surface area (Å²) in [6.07, 6.45) is 31.3. The average Bonchev–Trinajstić information content (AvgIpc) is 3.05. The number of carboxylic acids is 1. The van der Waals surface area contributed by atoms with Crippen molar-refractivity contribution >= 4 is 23.8 Å². The Bertz CT molecular complexity index is 777. The minimum absolute atomic E-state index is 0.00130. The molecule has 0 bridgehead atoms. The van der Waals surface area contributed by atoms with E-state index in [4.69, 9.17) is 14.9 Å². The van der Waals surface area contributed by atoms with Crippen molar-refractivity contribution in [2.24, 2.45) is 0 Å². The first-order chi connectivity index (χ1) is 22.8. The molecule has 0 aromatic heterocycles. The molecule has 0 aliphatic carbocycles. The molecule has 0 saturated carbocycles. The second kappa shape index (κ2) is 33.7. The quantitative estimate of drug-likeness (QED) is 0.0392. The van der Waals surface area contributed by atoms with Gasteiger partial charge in [-0.25, -0.2) is 4.79 Å². The van der Waals surface area contributed by atoms with Crippen LogP contribution in [-0.4, -0.2) is 59.3 Å². The van der Waals surface area contributed by atoms with Gasteiger partial charge in [-0.05, 0) is 38.5 Å². The van der Waals surface area contributed by atoms with E-state index in [0.717, 1.165) is 57.8 Å². The van der Waals surface area contributed by atoms with E-state index >= 15 is 0 Å². The van der Waals surface area contributed by atoms with Gasteiger partial charge in [-0.3, -0.25) is 14.4 Å². The lowest BCUT2D eigenvalue weighted by molar-refractivity contribution is -0.150. The number of ether oxygens (including phenoxy) is 1. The molecular weight excluding hydrogens is 596 g/mol. The number of esters is 1. The van der Waals surface area contributed by atoms with Gasteiger partial charge in [0.25, 0.3) is 0 Å². The molecule has 2 unspecified atom stereocenters. The number of rotatable bonds is 35. The molecule has 0 fully saturated rings. The average molecular weight is 669 g/mol. The Morgan fingerprint density at radius 2 is 0.957 bits per heavy atom. The molecule has 9 nitrogen and oxygen atoms in total. The van der Waals surface area contributed by atoms with Crippen LogP contribution in [0, 0.1) is 0 Å². The highest BCUT2D eigenvalue weighted by atomic mass is 16.5. The van der Waals surface area contributed by atoms with Crippen LogP contribution in [0.5, 0.6) is 0 Å². The molecule has 0 aromatic rings. The van der Waals surface area contributed by atoms with Crippen LogP contribution < -0.4 is 10.6 Å². The molecule has 0 radical (unpaired) electrons. The van der Waals surface area contributed by atoms with Crippen molar-refractivity contribution in [1.29, 1.82) is 0 Å². The van der Waals surface area contributed by atoms with Gasteiger partial charge in [0, 0.05) is 12.8 Å². The Labute approximate surface area is 287 Å². The number of aliphatic hydroxyl groups is 1. The number of hydrogen-bond acceptors (Lipinski definition) is 6. The van der Waals surface area contributed by atoms with Crippen molar-refractivity contribution in [2.45, 2.75) is 206 Å². The van der Waals surface area contributed by atoms with Crippen LogP contribution in [0.15, 0.2) is 0 Å². The highest BCUT2D eigenvalue weighted by Gasteiger charge is 2.19. The maximum Gasteiger partial charge on any atom is 0.328 e. The molecule has 0 rings (SSSR count). The maximum atomic E-state index is 12.6. The van der Waals surface area contributed by atoms with E-state index in [0.29, 0.717) is 19.3 Å². The first-order valence-corrected chi connectivity index (χ1v) is 19.4. The fraction of sp³-hybridized carbons (Fsp3) is 0.895. The van der Waals surface area contributed by atoms with Crippen LogP contribution in [0.1, 0.15) is 194 Å². The molecule has 47 heavy (non-hydrogen) atoms. The fourth-order valence-electron chi connectivity index (χ4n) is 5.83. The molecule has 0 aliphatic heterocycles. The molecule has 2 amide bonds. The number of unbranched alkanes of at least 4 members (excludes halogenated alkanes) is 21. The van der Waals surface area contributed by atoms with E-state index in [9.17, 15) is 19.2 Å². The summed E-state index contributed by atoms with van der Waals surface area (Å²) >= 11 is 0. The molecular formula is C38H72N2O7. The van der Waals surface area contributed by atoms with Crippen LogP contribution in [0.3, 0.4) is 0 Å². The van der Waals surface area contributed by atoms with Crippen molar-refractivity contribution in [1.82, 2.24) is 10.6 Å². The fourth-order valence-corrected chi connectivity index (χ4v) is 5.83. The van der Waals surface area contributed by atoms with Crippen molar-refractivity contribution in [3.05, 3.63) is 0 Å². The summed E-state index contributed by atoms with van der Waals surface area (Å²) in [5.41, 5.74) is 0. The molecule has 0 aromatic carbocycles. The zero-order chi connectivity index (χ0) is 34.8.